The number of amides is 1. The fourth-order valence-corrected chi connectivity index (χ4v) is 4.01. The van der Waals surface area contributed by atoms with Crippen LogP contribution in [0.5, 0.6) is 5.75 Å². The van der Waals surface area contributed by atoms with E-state index in [0.717, 1.165) is 24.2 Å². The molecule has 0 aliphatic rings. The first-order valence-corrected chi connectivity index (χ1v) is 11.8. The molecule has 0 atom stereocenters. The molecule has 0 spiro atoms. The van der Waals surface area contributed by atoms with Crippen LogP contribution in [0.2, 0.25) is 0 Å². The van der Waals surface area contributed by atoms with Crippen molar-refractivity contribution in [2.45, 2.75) is 40.5 Å². The van der Waals surface area contributed by atoms with E-state index in [0.29, 0.717) is 23.5 Å². The lowest BCUT2D eigenvalue weighted by Gasteiger charge is -2.07. The number of nitriles is 1. The van der Waals surface area contributed by atoms with Gasteiger partial charge < -0.3 is 19.5 Å². The third-order valence-electron chi connectivity index (χ3n) is 4.64. The fraction of sp³-hybridized carbons (Fsp3) is 0.360. The zero-order chi connectivity index (χ0) is 25.1. The van der Waals surface area contributed by atoms with Gasteiger partial charge in [-0.1, -0.05) is 25.5 Å². The predicted octanol–water partition coefficient (Wildman–Crippen LogP) is 5.13. The van der Waals surface area contributed by atoms with Crippen LogP contribution in [0.4, 0.5) is 5.00 Å². The molecule has 180 valence electrons. The first-order chi connectivity index (χ1) is 16.4. The number of rotatable bonds is 11. The lowest BCUT2D eigenvalue weighted by molar-refractivity contribution is -0.112. The van der Waals surface area contributed by atoms with Gasteiger partial charge in [0.15, 0.2) is 0 Å². The Morgan fingerprint density at radius 1 is 1.06 bits per heavy atom. The molecule has 9 heteroatoms. The summed E-state index contributed by atoms with van der Waals surface area (Å²) in [5.41, 5.74) is 0.875. The average Bonchev–Trinajstić information content (AvgIpc) is 3.14. The summed E-state index contributed by atoms with van der Waals surface area (Å²) in [6.07, 6.45) is 3.42. The van der Waals surface area contributed by atoms with Gasteiger partial charge in [-0.15, -0.1) is 11.3 Å². The topological polar surface area (TPSA) is 115 Å². The Bertz CT molecular complexity index is 1100. The largest absolute Gasteiger partial charge is 0.494 e. The van der Waals surface area contributed by atoms with Gasteiger partial charge in [-0.05, 0) is 56.5 Å². The van der Waals surface area contributed by atoms with Crippen LogP contribution in [0.15, 0.2) is 29.8 Å². The number of hydrogen-bond acceptors (Lipinski definition) is 8. The monoisotopic (exact) mass is 484 g/mol. The van der Waals surface area contributed by atoms with E-state index in [4.69, 9.17) is 14.2 Å². The van der Waals surface area contributed by atoms with Crippen molar-refractivity contribution in [3.8, 4) is 11.8 Å². The normalized spacial score (nSPS) is 10.9. The molecule has 1 amide bonds. The summed E-state index contributed by atoms with van der Waals surface area (Å²) in [5, 5.41) is 12.2. The van der Waals surface area contributed by atoms with Gasteiger partial charge in [0.1, 0.15) is 27.3 Å². The minimum atomic E-state index is -0.715. The van der Waals surface area contributed by atoms with Crippen molar-refractivity contribution in [3.63, 3.8) is 0 Å². The molecular formula is C25H28N2O6S. The maximum absolute atomic E-state index is 12.8. The first kappa shape index (κ1) is 26.6. The molecule has 0 radical (unpaired) electrons. The Morgan fingerprint density at radius 2 is 1.71 bits per heavy atom. The second-order valence-corrected chi connectivity index (χ2v) is 8.12. The summed E-state index contributed by atoms with van der Waals surface area (Å²) >= 11 is 0.902. The minimum Gasteiger partial charge on any atom is -0.494 e. The Balaban J connectivity index is 2.29. The van der Waals surface area contributed by atoms with Crippen molar-refractivity contribution in [1.82, 2.24) is 0 Å². The van der Waals surface area contributed by atoms with E-state index in [9.17, 15) is 19.6 Å². The number of benzene rings is 1. The number of esters is 2. The van der Waals surface area contributed by atoms with Crippen LogP contribution in [0.25, 0.3) is 6.08 Å². The first-order valence-electron chi connectivity index (χ1n) is 11.0. The highest BCUT2D eigenvalue weighted by Crippen LogP contribution is 2.34. The number of ether oxygens (including phenoxy) is 3. The fourth-order valence-electron chi connectivity index (χ4n) is 2.92. The van der Waals surface area contributed by atoms with Gasteiger partial charge in [0.05, 0.1) is 25.4 Å². The zero-order valence-corrected chi connectivity index (χ0v) is 20.5. The molecule has 1 aromatic carbocycles. The molecule has 0 unspecified atom stereocenters. The molecule has 1 heterocycles. The van der Waals surface area contributed by atoms with E-state index in [1.807, 2.05) is 6.07 Å². The summed E-state index contributed by atoms with van der Waals surface area (Å²) in [7, 11) is 0. The van der Waals surface area contributed by atoms with Crippen LogP contribution in [-0.4, -0.2) is 37.7 Å². The highest BCUT2D eigenvalue weighted by molar-refractivity contribution is 7.18. The van der Waals surface area contributed by atoms with Gasteiger partial charge in [-0.2, -0.15) is 5.26 Å². The summed E-state index contributed by atoms with van der Waals surface area (Å²) in [5.74, 6) is -1.29. The van der Waals surface area contributed by atoms with E-state index >= 15 is 0 Å². The third-order valence-corrected chi connectivity index (χ3v) is 5.82. The van der Waals surface area contributed by atoms with E-state index in [2.05, 4.69) is 12.2 Å². The second-order valence-electron chi connectivity index (χ2n) is 7.10. The summed E-state index contributed by atoms with van der Waals surface area (Å²) in [6.45, 7) is 7.89. The summed E-state index contributed by atoms with van der Waals surface area (Å²) in [4.78, 5) is 37.8. The van der Waals surface area contributed by atoms with E-state index < -0.39 is 17.8 Å². The van der Waals surface area contributed by atoms with E-state index in [1.54, 1.807) is 45.0 Å². The van der Waals surface area contributed by atoms with Crippen molar-refractivity contribution in [2.75, 3.05) is 25.1 Å². The van der Waals surface area contributed by atoms with Crippen LogP contribution >= 0.6 is 11.3 Å². The molecule has 0 saturated carbocycles. The van der Waals surface area contributed by atoms with Crippen molar-refractivity contribution < 1.29 is 28.6 Å². The molecule has 0 bridgehead atoms. The lowest BCUT2D eigenvalue weighted by atomic mass is 10.1. The number of unbranched alkanes of at least 4 members (excludes halogenated alkanes) is 1. The van der Waals surface area contributed by atoms with Gasteiger partial charge in [-0.3, -0.25) is 4.79 Å². The molecule has 0 aliphatic heterocycles. The smallest absolute Gasteiger partial charge is 0.348 e. The maximum Gasteiger partial charge on any atom is 0.348 e. The van der Waals surface area contributed by atoms with Gasteiger partial charge in [0, 0.05) is 0 Å². The second kappa shape index (κ2) is 13.2. The van der Waals surface area contributed by atoms with E-state index in [-0.39, 0.29) is 34.2 Å². The Hall–Kier alpha value is -3.64. The number of carbonyl (C=O) groups excluding carboxylic acids is 3. The summed E-state index contributed by atoms with van der Waals surface area (Å²) in [6, 6.07) is 8.89. The van der Waals surface area contributed by atoms with Gasteiger partial charge in [0.2, 0.25) is 0 Å². The molecule has 1 N–H and O–H groups in total. The lowest BCUT2D eigenvalue weighted by Crippen LogP contribution is -2.16. The Morgan fingerprint density at radius 3 is 2.29 bits per heavy atom. The number of hydrogen-bond donors (Lipinski definition) is 1. The SMILES string of the molecule is CCCCOc1ccc(/C=C(\C#N)C(=O)Nc2sc(C(=O)OCC)c(C)c2C(=O)OCC)cc1. The Kier molecular flexibility index (Phi) is 10.3. The van der Waals surface area contributed by atoms with Crippen molar-refractivity contribution >= 4 is 40.3 Å². The number of anilines is 1. The van der Waals surface area contributed by atoms with Gasteiger partial charge >= 0.3 is 11.9 Å². The van der Waals surface area contributed by atoms with Crippen molar-refractivity contribution in [2.24, 2.45) is 0 Å². The summed E-state index contributed by atoms with van der Waals surface area (Å²) < 4.78 is 15.7. The molecule has 34 heavy (non-hydrogen) atoms. The number of carbonyl (C=O) groups is 3. The number of nitrogens with one attached hydrogen (secondary N) is 1. The highest BCUT2D eigenvalue weighted by atomic mass is 32.1. The standard InChI is InChI=1S/C25H28N2O6S/c1-5-8-13-33-19-11-9-17(10-12-19)14-18(15-26)22(28)27-23-20(24(29)31-6-2)16(4)21(34-23)25(30)32-7-3/h9-12,14H,5-8,13H2,1-4H3,(H,27,28)/b18-14+. The molecule has 8 nitrogen and oxygen atoms in total. The molecule has 0 saturated heterocycles. The van der Waals surface area contributed by atoms with Gasteiger partial charge in [0.25, 0.3) is 5.91 Å². The minimum absolute atomic E-state index is 0.0640. The maximum atomic E-state index is 12.8. The van der Waals surface area contributed by atoms with Gasteiger partial charge in [-0.25, -0.2) is 9.59 Å². The molecule has 2 rings (SSSR count). The Labute approximate surface area is 203 Å². The zero-order valence-electron chi connectivity index (χ0n) is 19.7. The highest BCUT2D eigenvalue weighted by Gasteiger charge is 2.27. The molecule has 0 fully saturated rings. The molecule has 0 aliphatic carbocycles. The quantitative estimate of drug-likeness (QED) is 0.203. The van der Waals surface area contributed by atoms with Crippen molar-refractivity contribution in [1.29, 1.82) is 5.26 Å². The number of nitrogens with zero attached hydrogens (tertiary/aromatic N) is 1. The number of thiophene rings is 1. The van der Waals surface area contributed by atoms with Crippen LogP contribution in [0.1, 0.15) is 64.8 Å². The average molecular weight is 485 g/mol. The molecule has 1 aromatic heterocycles. The predicted molar refractivity (Wildman–Crippen MR) is 130 cm³/mol. The van der Waals surface area contributed by atoms with E-state index in [1.165, 1.54) is 6.08 Å². The van der Waals surface area contributed by atoms with Crippen LogP contribution in [0, 0.1) is 18.3 Å². The van der Waals surface area contributed by atoms with Crippen LogP contribution < -0.4 is 10.1 Å². The molecule has 2 aromatic rings. The van der Waals surface area contributed by atoms with Crippen LogP contribution in [0.3, 0.4) is 0 Å². The third kappa shape index (κ3) is 6.93. The van der Waals surface area contributed by atoms with Crippen molar-refractivity contribution in [3.05, 3.63) is 51.4 Å². The molecular weight excluding hydrogens is 456 g/mol. The van der Waals surface area contributed by atoms with Crippen LogP contribution in [-0.2, 0) is 14.3 Å².